The molecule has 5 nitrogen and oxygen atoms in total. The van der Waals surface area contributed by atoms with Gasteiger partial charge < -0.3 is 4.74 Å². The number of rotatable bonds is 2. The standard InChI is InChI=1S/C9H5ClFNO4S/c1-16-9(13)6-3-8(17(10,14)15)5(4-12)2-7(6)11/h2-3H,1H3. The maximum Gasteiger partial charge on any atom is 0.340 e. The lowest BCUT2D eigenvalue weighted by atomic mass is 10.1. The first kappa shape index (κ1) is 13.4. The Morgan fingerprint density at radius 2 is 2.12 bits per heavy atom. The third-order valence-electron chi connectivity index (χ3n) is 1.86. The van der Waals surface area contributed by atoms with Crippen molar-refractivity contribution in [1.82, 2.24) is 0 Å². The highest BCUT2D eigenvalue weighted by atomic mass is 35.7. The Labute approximate surface area is 101 Å². The Bertz CT molecular complexity index is 621. The van der Waals surface area contributed by atoms with E-state index in [2.05, 4.69) is 4.74 Å². The summed E-state index contributed by atoms with van der Waals surface area (Å²) in [5, 5.41) is 8.64. The van der Waals surface area contributed by atoms with E-state index in [0.29, 0.717) is 12.1 Å². The fraction of sp³-hybridized carbons (Fsp3) is 0.111. The lowest BCUT2D eigenvalue weighted by molar-refractivity contribution is 0.0595. The Hall–Kier alpha value is -1.65. The van der Waals surface area contributed by atoms with Crippen LogP contribution in [0.2, 0.25) is 0 Å². The van der Waals surface area contributed by atoms with Gasteiger partial charge >= 0.3 is 5.97 Å². The molecule has 1 aromatic carbocycles. The van der Waals surface area contributed by atoms with Crippen molar-refractivity contribution in [3.63, 3.8) is 0 Å². The Balaban J connectivity index is 3.62. The molecule has 0 N–H and O–H groups in total. The van der Waals surface area contributed by atoms with Crippen molar-refractivity contribution < 1.29 is 22.3 Å². The molecule has 0 atom stereocenters. The van der Waals surface area contributed by atoms with Crippen molar-refractivity contribution >= 4 is 25.7 Å². The van der Waals surface area contributed by atoms with Gasteiger partial charge in [-0.3, -0.25) is 0 Å². The molecule has 0 aromatic heterocycles. The summed E-state index contributed by atoms with van der Waals surface area (Å²) in [7, 11) is 1.82. The average Bonchev–Trinajstić information content (AvgIpc) is 2.25. The van der Waals surface area contributed by atoms with Crippen LogP contribution in [0.25, 0.3) is 0 Å². The summed E-state index contributed by atoms with van der Waals surface area (Å²) in [5.74, 6) is -2.12. The molecule has 0 aliphatic rings. The fourth-order valence-electron chi connectivity index (χ4n) is 1.11. The highest BCUT2D eigenvalue weighted by molar-refractivity contribution is 8.13. The Morgan fingerprint density at radius 3 is 2.53 bits per heavy atom. The molecule has 0 aliphatic carbocycles. The zero-order chi connectivity index (χ0) is 13.2. The predicted molar refractivity (Wildman–Crippen MR) is 55.5 cm³/mol. The van der Waals surface area contributed by atoms with Crippen LogP contribution in [0.4, 0.5) is 4.39 Å². The van der Waals surface area contributed by atoms with Gasteiger partial charge in [-0.05, 0) is 12.1 Å². The molecule has 0 saturated carbocycles. The summed E-state index contributed by atoms with van der Waals surface area (Å²) >= 11 is 0. The van der Waals surface area contributed by atoms with Crippen LogP contribution in [-0.2, 0) is 13.8 Å². The first-order valence-corrected chi connectivity index (χ1v) is 6.38. The van der Waals surface area contributed by atoms with Crippen molar-refractivity contribution in [3.8, 4) is 6.07 Å². The number of ether oxygens (including phenoxy) is 1. The minimum absolute atomic E-state index is 0.481. The highest BCUT2D eigenvalue weighted by Gasteiger charge is 2.22. The fourth-order valence-corrected chi connectivity index (χ4v) is 2.12. The predicted octanol–water partition coefficient (Wildman–Crippen LogP) is 1.41. The van der Waals surface area contributed by atoms with Crippen LogP contribution >= 0.6 is 10.7 Å². The van der Waals surface area contributed by atoms with E-state index < -0.39 is 36.9 Å². The van der Waals surface area contributed by atoms with Gasteiger partial charge in [-0.25, -0.2) is 17.6 Å². The van der Waals surface area contributed by atoms with E-state index in [1.54, 1.807) is 0 Å². The largest absolute Gasteiger partial charge is 0.465 e. The van der Waals surface area contributed by atoms with Crippen LogP contribution in [0, 0.1) is 17.1 Å². The molecule has 0 amide bonds. The summed E-state index contributed by atoms with van der Waals surface area (Å²) < 4.78 is 39.9. The maximum absolute atomic E-state index is 13.4. The van der Waals surface area contributed by atoms with Crippen LogP contribution in [0.15, 0.2) is 17.0 Å². The molecule has 0 heterocycles. The number of esters is 1. The van der Waals surface area contributed by atoms with Gasteiger partial charge in [0.15, 0.2) is 0 Å². The smallest absolute Gasteiger partial charge is 0.340 e. The lowest BCUT2D eigenvalue weighted by Gasteiger charge is -2.05. The molecule has 0 unspecified atom stereocenters. The zero-order valence-corrected chi connectivity index (χ0v) is 9.97. The lowest BCUT2D eigenvalue weighted by Crippen LogP contribution is -2.07. The van der Waals surface area contributed by atoms with Gasteiger partial charge in [0.2, 0.25) is 0 Å². The second kappa shape index (κ2) is 4.69. The second-order valence-corrected chi connectivity index (χ2v) is 5.40. The molecular formula is C9H5ClFNO4S. The van der Waals surface area contributed by atoms with Gasteiger partial charge in [0.05, 0.1) is 18.2 Å². The van der Waals surface area contributed by atoms with Crippen LogP contribution in [0.3, 0.4) is 0 Å². The number of benzene rings is 1. The monoisotopic (exact) mass is 277 g/mol. The van der Waals surface area contributed by atoms with E-state index in [1.807, 2.05) is 0 Å². The summed E-state index contributed by atoms with van der Waals surface area (Å²) in [5.41, 5.74) is -1.09. The van der Waals surface area contributed by atoms with Gasteiger partial charge in [-0.1, -0.05) is 0 Å². The average molecular weight is 278 g/mol. The van der Waals surface area contributed by atoms with E-state index >= 15 is 0 Å². The van der Waals surface area contributed by atoms with Crippen LogP contribution in [0.1, 0.15) is 15.9 Å². The van der Waals surface area contributed by atoms with E-state index in [0.717, 1.165) is 7.11 Å². The molecule has 0 aliphatic heterocycles. The number of hydrogen-bond acceptors (Lipinski definition) is 5. The molecule has 1 rings (SSSR count). The summed E-state index contributed by atoms with van der Waals surface area (Å²) in [4.78, 5) is 10.5. The number of carbonyl (C=O) groups is 1. The van der Waals surface area contributed by atoms with E-state index in [-0.39, 0.29) is 0 Å². The zero-order valence-electron chi connectivity index (χ0n) is 8.40. The topological polar surface area (TPSA) is 84.2 Å². The van der Waals surface area contributed by atoms with Crippen LogP contribution in [0.5, 0.6) is 0 Å². The molecule has 90 valence electrons. The number of halogens is 2. The number of nitriles is 1. The van der Waals surface area contributed by atoms with Gasteiger partial charge in [-0.15, -0.1) is 0 Å². The molecule has 1 aromatic rings. The second-order valence-electron chi connectivity index (χ2n) is 2.87. The SMILES string of the molecule is COC(=O)c1cc(S(=O)(=O)Cl)c(C#N)cc1F. The third kappa shape index (κ3) is 2.72. The van der Waals surface area contributed by atoms with Crippen LogP contribution in [-0.4, -0.2) is 21.5 Å². The normalized spacial score (nSPS) is 10.7. The quantitative estimate of drug-likeness (QED) is 0.603. The highest BCUT2D eigenvalue weighted by Crippen LogP contribution is 2.23. The minimum Gasteiger partial charge on any atom is -0.465 e. The van der Waals surface area contributed by atoms with Crippen molar-refractivity contribution in [2.75, 3.05) is 7.11 Å². The van der Waals surface area contributed by atoms with E-state index in [1.165, 1.54) is 6.07 Å². The Morgan fingerprint density at radius 1 is 1.53 bits per heavy atom. The van der Waals surface area contributed by atoms with Crippen molar-refractivity contribution in [1.29, 1.82) is 5.26 Å². The molecule has 0 radical (unpaired) electrons. The number of hydrogen-bond donors (Lipinski definition) is 0. The molecule has 17 heavy (non-hydrogen) atoms. The number of nitrogens with zero attached hydrogens (tertiary/aromatic N) is 1. The minimum atomic E-state index is -4.25. The first-order valence-electron chi connectivity index (χ1n) is 4.08. The maximum atomic E-state index is 13.4. The molecule has 0 fully saturated rings. The third-order valence-corrected chi connectivity index (χ3v) is 3.22. The van der Waals surface area contributed by atoms with Crippen molar-refractivity contribution in [2.45, 2.75) is 4.90 Å². The summed E-state index contributed by atoms with van der Waals surface area (Å²) in [6.45, 7) is 0. The van der Waals surface area contributed by atoms with Gasteiger partial charge in [-0.2, -0.15) is 5.26 Å². The van der Waals surface area contributed by atoms with Crippen molar-refractivity contribution in [2.24, 2.45) is 0 Å². The van der Waals surface area contributed by atoms with Crippen molar-refractivity contribution in [3.05, 3.63) is 29.1 Å². The van der Waals surface area contributed by atoms with Crippen LogP contribution < -0.4 is 0 Å². The van der Waals surface area contributed by atoms with E-state index in [4.69, 9.17) is 15.9 Å². The van der Waals surface area contributed by atoms with Gasteiger partial charge in [0, 0.05) is 10.7 Å². The summed E-state index contributed by atoms with van der Waals surface area (Å²) in [6.07, 6.45) is 0. The van der Waals surface area contributed by atoms with Gasteiger partial charge in [0.1, 0.15) is 16.8 Å². The number of methoxy groups -OCH3 is 1. The van der Waals surface area contributed by atoms with Gasteiger partial charge in [0.25, 0.3) is 9.05 Å². The van der Waals surface area contributed by atoms with E-state index in [9.17, 15) is 17.6 Å². The Kier molecular flexibility index (Phi) is 3.70. The molecule has 8 heteroatoms. The molecule has 0 saturated heterocycles. The first-order chi connectivity index (χ1) is 7.81. The summed E-state index contributed by atoms with van der Waals surface area (Å²) in [6, 6.07) is 2.75. The number of carbonyl (C=O) groups excluding carboxylic acids is 1. The molecule has 0 bridgehead atoms. The molecular weight excluding hydrogens is 273 g/mol. The molecule has 0 spiro atoms.